The molecule has 0 saturated carbocycles. The third-order valence-corrected chi connectivity index (χ3v) is 3.87. The predicted molar refractivity (Wildman–Crippen MR) is 83.5 cm³/mol. The molecule has 0 aliphatic carbocycles. The number of nitrogens with one attached hydrogen (secondary N) is 3. The van der Waals surface area contributed by atoms with E-state index >= 15 is 0 Å². The number of urea groups is 1. The lowest BCUT2D eigenvalue weighted by molar-refractivity contribution is 0.250. The van der Waals surface area contributed by atoms with Crippen LogP contribution in [0.3, 0.4) is 0 Å². The Morgan fingerprint density at radius 3 is 3.10 bits per heavy atom. The highest BCUT2D eigenvalue weighted by molar-refractivity contribution is 6.33. The van der Waals surface area contributed by atoms with Gasteiger partial charge >= 0.3 is 6.03 Å². The van der Waals surface area contributed by atoms with E-state index in [4.69, 9.17) is 11.6 Å². The molecular weight excluding hydrogens is 274 g/mol. The Kier molecular flexibility index (Phi) is 5.68. The van der Waals surface area contributed by atoms with Gasteiger partial charge in [0.05, 0.1) is 10.7 Å². The lowest BCUT2D eigenvalue weighted by atomic mass is 10.1. The summed E-state index contributed by atoms with van der Waals surface area (Å²) < 4.78 is 0. The Morgan fingerprint density at radius 2 is 2.25 bits per heavy atom. The Hall–Kier alpha value is -1.26. The van der Waals surface area contributed by atoms with Crippen LogP contribution in [0.2, 0.25) is 5.02 Å². The van der Waals surface area contributed by atoms with E-state index in [0.717, 1.165) is 18.5 Å². The van der Waals surface area contributed by atoms with Crippen molar-refractivity contribution in [1.82, 2.24) is 10.6 Å². The molecule has 2 amide bonds. The van der Waals surface area contributed by atoms with Gasteiger partial charge in [-0.25, -0.2) is 4.79 Å². The molecule has 110 valence electrons. The topological polar surface area (TPSA) is 53.2 Å². The average Bonchev–Trinajstić information content (AvgIpc) is 2.69. The maximum atomic E-state index is 11.9. The summed E-state index contributed by atoms with van der Waals surface area (Å²) in [4.78, 5) is 11.9. The van der Waals surface area contributed by atoms with Crippen molar-refractivity contribution < 1.29 is 4.79 Å². The minimum absolute atomic E-state index is 0.205. The standard InChI is InChI=1S/C15H22ClN3O/c1-11-6-7-13(16)14(9-11)19-15(20)18-10-12-5-3-2-4-8-17-12/h6-7,9,12,17H,2-5,8,10H2,1H3,(H2,18,19,20)/t12-/m1/s1. The van der Waals surface area contributed by atoms with E-state index < -0.39 is 0 Å². The van der Waals surface area contributed by atoms with Gasteiger partial charge in [-0.05, 0) is 44.0 Å². The van der Waals surface area contributed by atoms with Gasteiger partial charge < -0.3 is 16.0 Å². The molecule has 0 bridgehead atoms. The normalized spacial score (nSPS) is 19.2. The maximum absolute atomic E-state index is 11.9. The minimum Gasteiger partial charge on any atom is -0.336 e. The first-order valence-electron chi connectivity index (χ1n) is 7.19. The fraction of sp³-hybridized carbons (Fsp3) is 0.533. The van der Waals surface area contributed by atoms with E-state index in [0.29, 0.717) is 23.3 Å². The molecule has 1 heterocycles. The average molecular weight is 296 g/mol. The molecule has 20 heavy (non-hydrogen) atoms. The number of aryl methyl sites for hydroxylation is 1. The Bertz CT molecular complexity index is 456. The summed E-state index contributed by atoms with van der Waals surface area (Å²) in [7, 11) is 0. The molecule has 0 spiro atoms. The quantitative estimate of drug-likeness (QED) is 0.801. The Morgan fingerprint density at radius 1 is 1.40 bits per heavy atom. The monoisotopic (exact) mass is 295 g/mol. The van der Waals surface area contributed by atoms with Gasteiger partial charge in [0.15, 0.2) is 0 Å². The molecule has 5 heteroatoms. The number of hydrogen-bond donors (Lipinski definition) is 3. The number of carbonyl (C=O) groups excluding carboxylic acids is 1. The van der Waals surface area contributed by atoms with Crippen molar-refractivity contribution in [2.24, 2.45) is 0 Å². The SMILES string of the molecule is Cc1ccc(Cl)c(NC(=O)NC[C@H]2CCCCCN2)c1. The second-order valence-corrected chi connectivity index (χ2v) is 5.73. The van der Waals surface area contributed by atoms with Crippen molar-refractivity contribution in [2.45, 2.75) is 38.6 Å². The zero-order chi connectivity index (χ0) is 14.4. The summed E-state index contributed by atoms with van der Waals surface area (Å²) in [5.41, 5.74) is 1.72. The van der Waals surface area contributed by atoms with E-state index in [1.165, 1.54) is 19.3 Å². The highest BCUT2D eigenvalue weighted by Crippen LogP contribution is 2.22. The zero-order valence-corrected chi connectivity index (χ0v) is 12.6. The van der Waals surface area contributed by atoms with Gasteiger partial charge in [-0.15, -0.1) is 0 Å². The molecule has 0 unspecified atom stereocenters. The maximum Gasteiger partial charge on any atom is 0.319 e. The highest BCUT2D eigenvalue weighted by Gasteiger charge is 2.13. The zero-order valence-electron chi connectivity index (χ0n) is 11.8. The van der Waals surface area contributed by atoms with Crippen molar-refractivity contribution in [3.05, 3.63) is 28.8 Å². The van der Waals surface area contributed by atoms with Crippen LogP contribution in [0.25, 0.3) is 0 Å². The van der Waals surface area contributed by atoms with Crippen molar-refractivity contribution in [2.75, 3.05) is 18.4 Å². The molecule has 3 N–H and O–H groups in total. The third-order valence-electron chi connectivity index (χ3n) is 3.54. The second kappa shape index (κ2) is 7.50. The van der Waals surface area contributed by atoms with Crippen molar-refractivity contribution in [1.29, 1.82) is 0 Å². The first-order chi connectivity index (χ1) is 9.65. The molecule has 1 aliphatic heterocycles. The van der Waals surface area contributed by atoms with Crippen LogP contribution in [0, 0.1) is 6.92 Å². The van der Waals surface area contributed by atoms with Crippen molar-refractivity contribution >= 4 is 23.3 Å². The Labute approximate surface area is 125 Å². The first kappa shape index (κ1) is 15.1. The number of anilines is 1. The molecule has 1 aliphatic rings. The van der Waals surface area contributed by atoms with Crippen LogP contribution in [0.15, 0.2) is 18.2 Å². The van der Waals surface area contributed by atoms with Gasteiger partial charge in [0.25, 0.3) is 0 Å². The van der Waals surface area contributed by atoms with Gasteiger partial charge in [0.2, 0.25) is 0 Å². The molecule has 1 saturated heterocycles. The number of halogens is 1. The summed E-state index contributed by atoms with van der Waals surface area (Å²) in [5.74, 6) is 0. The van der Waals surface area contributed by atoms with Crippen LogP contribution in [-0.2, 0) is 0 Å². The van der Waals surface area contributed by atoms with E-state index in [2.05, 4.69) is 16.0 Å². The lowest BCUT2D eigenvalue weighted by Crippen LogP contribution is -2.41. The van der Waals surface area contributed by atoms with Crippen LogP contribution < -0.4 is 16.0 Å². The van der Waals surface area contributed by atoms with Crippen LogP contribution in [0.5, 0.6) is 0 Å². The molecular formula is C15H22ClN3O. The molecule has 2 rings (SSSR count). The van der Waals surface area contributed by atoms with Gasteiger partial charge in [-0.2, -0.15) is 0 Å². The van der Waals surface area contributed by atoms with Gasteiger partial charge in [0, 0.05) is 12.6 Å². The highest BCUT2D eigenvalue weighted by atomic mass is 35.5. The van der Waals surface area contributed by atoms with Gasteiger partial charge in [-0.1, -0.05) is 30.5 Å². The van der Waals surface area contributed by atoms with Gasteiger partial charge in [-0.3, -0.25) is 0 Å². The molecule has 1 atom stereocenters. The number of benzene rings is 1. The summed E-state index contributed by atoms with van der Waals surface area (Å²) in [5, 5.41) is 9.71. The van der Waals surface area contributed by atoms with Crippen LogP contribution >= 0.6 is 11.6 Å². The molecule has 0 radical (unpaired) electrons. The molecule has 1 aromatic rings. The van der Waals surface area contributed by atoms with E-state index in [9.17, 15) is 4.79 Å². The first-order valence-corrected chi connectivity index (χ1v) is 7.57. The fourth-order valence-corrected chi connectivity index (χ4v) is 2.56. The summed E-state index contributed by atoms with van der Waals surface area (Å²) in [6, 6.07) is 5.74. The Balaban J connectivity index is 1.81. The van der Waals surface area contributed by atoms with Gasteiger partial charge in [0.1, 0.15) is 0 Å². The van der Waals surface area contributed by atoms with Crippen molar-refractivity contribution in [3.63, 3.8) is 0 Å². The third kappa shape index (κ3) is 4.69. The van der Waals surface area contributed by atoms with Crippen molar-refractivity contribution in [3.8, 4) is 0 Å². The molecule has 0 aromatic heterocycles. The fourth-order valence-electron chi connectivity index (χ4n) is 2.39. The second-order valence-electron chi connectivity index (χ2n) is 5.32. The van der Waals surface area contributed by atoms with E-state index in [1.54, 1.807) is 6.07 Å². The predicted octanol–water partition coefficient (Wildman–Crippen LogP) is 3.30. The number of rotatable bonds is 3. The smallest absolute Gasteiger partial charge is 0.319 e. The van der Waals surface area contributed by atoms with Crippen LogP contribution in [0.4, 0.5) is 10.5 Å². The summed E-state index contributed by atoms with van der Waals surface area (Å²) in [6.07, 6.45) is 4.84. The van der Waals surface area contributed by atoms with Crippen LogP contribution in [-0.4, -0.2) is 25.2 Å². The van der Waals surface area contributed by atoms with Crippen LogP contribution in [0.1, 0.15) is 31.2 Å². The van der Waals surface area contributed by atoms with E-state index in [1.807, 2.05) is 19.1 Å². The molecule has 1 fully saturated rings. The number of amides is 2. The number of hydrogen-bond acceptors (Lipinski definition) is 2. The van der Waals surface area contributed by atoms with E-state index in [-0.39, 0.29) is 6.03 Å². The largest absolute Gasteiger partial charge is 0.336 e. The summed E-state index contributed by atoms with van der Waals surface area (Å²) >= 11 is 6.06. The molecule has 1 aromatic carbocycles. The lowest BCUT2D eigenvalue weighted by Gasteiger charge is -2.17. The summed E-state index contributed by atoms with van der Waals surface area (Å²) in [6.45, 7) is 3.65. The molecule has 4 nitrogen and oxygen atoms in total. The number of carbonyl (C=O) groups is 1. The minimum atomic E-state index is -0.205.